The van der Waals surface area contributed by atoms with Crippen LogP contribution in [0.4, 0.5) is 0 Å². The second-order valence-electron chi connectivity index (χ2n) is 5.33. The standard InChI is InChI=1S/C13H26N2OS/c1-4-17-11-6-5-10(8-11)15-13(16)12(14)7-9(2)3/h9-12H,4-8,14H2,1-3H3,(H,15,16). The molecule has 1 rings (SSSR count). The first kappa shape index (κ1) is 14.8. The Morgan fingerprint density at radius 3 is 2.76 bits per heavy atom. The van der Waals surface area contributed by atoms with Crippen LogP contribution >= 0.6 is 11.8 Å². The van der Waals surface area contributed by atoms with Crippen molar-refractivity contribution in [3.05, 3.63) is 0 Å². The fourth-order valence-corrected chi connectivity index (χ4v) is 3.52. The van der Waals surface area contributed by atoms with Crippen molar-refractivity contribution in [1.82, 2.24) is 5.32 Å². The van der Waals surface area contributed by atoms with Crippen molar-refractivity contribution >= 4 is 17.7 Å². The lowest BCUT2D eigenvalue weighted by Gasteiger charge is -2.18. The molecule has 3 unspecified atom stereocenters. The summed E-state index contributed by atoms with van der Waals surface area (Å²) >= 11 is 2.01. The van der Waals surface area contributed by atoms with Gasteiger partial charge in [0.05, 0.1) is 6.04 Å². The van der Waals surface area contributed by atoms with Crippen molar-refractivity contribution < 1.29 is 4.79 Å². The van der Waals surface area contributed by atoms with Crippen LogP contribution in [-0.4, -0.2) is 29.0 Å². The van der Waals surface area contributed by atoms with Gasteiger partial charge in [-0.05, 0) is 37.4 Å². The number of hydrogen-bond donors (Lipinski definition) is 2. The van der Waals surface area contributed by atoms with E-state index in [1.807, 2.05) is 11.8 Å². The maximum Gasteiger partial charge on any atom is 0.237 e. The Balaban J connectivity index is 2.27. The van der Waals surface area contributed by atoms with E-state index in [0.717, 1.165) is 30.3 Å². The van der Waals surface area contributed by atoms with Crippen LogP contribution in [0.15, 0.2) is 0 Å². The van der Waals surface area contributed by atoms with Crippen LogP contribution in [0.5, 0.6) is 0 Å². The molecule has 1 aliphatic carbocycles. The first-order chi connectivity index (χ1) is 8.02. The van der Waals surface area contributed by atoms with E-state index >= 15 is 0 Å². The largest absolute Gasteiger partial charge is 0.352 e. The molecule has 0 aliphatic heterocycles. The highest BCUT2D eigenvalue weighted by atomic mass is 32.2. The van der Waals surface area contributed by atoms with E-state index in [9.17, 15) is 4.79 Å². The van der Waals surface area contributed by atoms with Crippen LogP contribution in [0.2, 0.25) is 0 Å². The van der Waals surface area contributed by atoms with Gasteiger partial charge in [-0.1, -0.05) is 20.8 Å². The molecule has 0 radical (unpaired) electrons. The van der Waals surface area contributed by atoms with E-state index in [1.54, 1.807) is 0 Å². The topological polar surface area (TPSA) is 55.1 Å². The fraction of sp³-hybridized carbons (Fsp3) is 0.923. The fourth-order valence-electron chi connectivity index (χ4n) is 2.38. The first-order valence-electron chi connectivity index (χ1n) is 6.70. The summed E-state index contributed by atoms with van der Waals surface area (Å²) in [6.07, 6.45) is 4.21. The third-order valence-electron chi connectivity index (χ3n) is 3.20. The normalized spacial score (nSPS) is 26.2. The first-order valence-corrected chi connectivity index (χ1v) is 7.75. The van der Waals surface area contributed by atoms with Crippen LogP contribution in [0.25, 0.3) is 0 Å². The average molecular weight is 258 g/mol. The highest BCUT2D eigenvalue weighted by Crippen LogP contribution is 2.29. The van der Waals surface area contributed by atoms with E-state index in [4.69, 9.17) is 5.73 Å². The minimum Gasteiger partial charge on any atom is -0.352 e. The molecule has 17 heavy (non-hydrogen) atoms. The Hall–Kier alpha value is -0.220. The highest BCUT2D eigenvalue weighted by molar-refractivity contribution is 7.99. The number of carbonyl (C=O) groups excluding carboxylic acids is 1. The van der Waals surface area contributed by atoms with Crippen molar-refractivity contribution in [2.24, 2.45) is 11.7 Å². The predicted octanol–water partition coefficient (Wildman–Crippen LogP) is 2.15. The van der Waals surface area contributed by atoms with Gasteiger partial charge in [0.15, 0.2) is 0 Å². The van der Waals surface area contributed by atoms with Crippen LogP contribution in [0, 0.1) is 5.92 Å². The predicted molar refractivity (Wildman–Crippen MR) is 75.1 cm³/mol. The molecule has 0 heterocycles. The van der Waals surface area contributed by atoms with Gasteiger partial charge >= 0.3 is 0 Å². The smallest absolute Gasteiger partial charge is 0.237 e. The summed E-state index contributed by atoms with van der Waals surface area (Å²) in [7, 11) is 0. The molecular formula is C13H26N2OS. The third kappa shape index (κ3) is 5.30. The second kappa shape index (κ2) is 7.27. The molecule has 1 amide bonds. The molecule has 1 fully saturated rings. The molecule has 3 nitrogen and oxygen atoms in total. The summed E-state index contributed by atoms with van der Waals surface area (Å²) in [6, 6.07) is 0.0117. The second-order valence-corrected chi connectivity index (χ2v) is 6.91. The molecule has 1 aliphatic rings. The number of nitrogens with two attached hydrogens (primary N) is 1. The molecule has 0 bridgehead atoms. The maximum atomic E-state index is 11.9. The lowest BCUT2D eigenvalue weighted by molar-refractivity contribution is -0.123. The van der Waals surface area contributed by atoms with Crippen molar-refractivity contribution in [3.63, 3.8) is 0 Å². The number of amides is 1. The summed E-state index contributed by atoms with van der Waals surface area (Å²) in [4.78, 5) is 11.9. The molecule has 100 valence electrons. The van der Waals surface area contributed by atoms with Crippen molar-refractivity contribution in [2.75, 3.05) is 5.75 Å². The molecule has 3 atom stereocenters. The van der Waals surface area contributed by atoms with Crippen LogP contribution in [-0.2, 0) is 4.79 Å². The molecule has 4 heteroatoms. The molecular weight excluding hydrogens is 232 g/mol. The van der Waals surface area contributed by atoms with Crippen molar-refractivity contribution in [1.29, 1.82) is 0 Å². The van der Waals surface area contributed by atoms with Gasteiger partial charge < -0.3 is 11.1 Å². The number of nitrogens with one attached hydrogen (secondary N) is 1. The Morgan fingerprint density at radius 2 is 2.18 bits per heavy atom. The maximum absolute atomic E-state index is 11.9. The van der Waals surface area contributed by atoms with Crippen molar-refractivity contribution in [2.45, 2.75) is 63.8 Å². The van der Waals surface area contributed by atoms with E-state index in [0.29, 0.717) is 12.0 Å². The highest BCUT2D eigenvalue weighted by Gasteiger charge is 2.27. The van der Waals surface area contributed by atoms with Gasteiger partial charge in [-0.3, -0.25) is 4.79 Å². The molecule has 0 saturated heterocycles. The monoisotopic (exact) mass is 258 g/mol. The van der Waals surface area contributed by atoms with E-state index in [1.165, 1.54) is 6.42 Å². The quantitative estimate of drug-likeness (QED) is 0.767. The number of hydrogen-bond acceptors (Lipinski definition) is 3. The zero-order valence-electron chi connectivity index (χ0n) is 11.2. The molecule has 0 aromatic carbocycles. The van der Waals surface area contributed by atoms with E-state index < -0.39 is 0 Å². The summed E-state index contributed by atoms with van der Waals surface area (Å²) in [5.41, 5.74) is 5.87. The Kier molecular flexibility index (Phi) is 6.34. The lowest BCUT2D eigenvalue weighted by atomic mass is 10.0. The van der Waals surface area contributed by atoms with Gasteiger partial charge in [0.2, 0.25) is 5.91 Å². The van der Waals surface area contributed by atoms with E-state index in [2.05, 4.69) is 26.1 Å². The minimum atomic E-state index is -0.340. The lowest BCUT2D eigenvalue weighted by Crippen LogP contribution is -2.45. The molecule has 0 spiro atoms. The zero-order valence-corrected chi connectivity index (χ0v) is 12.1. The van der Waals surface area contributed by atoms with Gasteiger partial charge in [0.1, 0.15) is 0 Å². The SMILES string of the molecule is CCSC1CCC(NC(=O)C(N)CC(C)C)C1. The van der Waals surface area contributed by atoms with Crippen LogP contribution in [0.1, 0.15) is 46.5 Å². The van der Waals surface area contributed by atoms with Gasteiger partial charge in [-0.15, -0.1) is 0 Å². The van der Waals surface area contributed by atoms with Gasteiger partial charge in [-0.2, -0.15) is 11.8 Å². The number of rotatable bonds is 6. The zero-order chi connectivity index (χ0) is 12.8. The Bertz CT molecular complexity index is 246. The van der Waals surface area contributed by atoms with Gasteiger partial charge in [0.25, 0.3) is 0 Å². The Morgan fingerprint density at radius 1 is 1.47 bits per heavy atom. The van der Waals surface area contributed by atoms with Gasteiger partial charge in [-0.25, -0.2) is 0 Å². The van der Waals surface area contributed by atoms with Crippen LogP contribution < -0.4 is 11.1 Å². The molecule has 3 N–H and O–H groups in total. The van der Waals surface area contributed by atoms with E-state index in [-0.39, 0.29) is 11.9 Å². The Labute approximate surface area is 109 Å². The molecule has 1 saturated carbocycles. The van der Waals surface area contributed by atoms with Crippen LogP contribution in [0.3, 0.4) is 0 Å². The molecule has 0 aromatic heterocycles. The summed E-state index contributed by atoms with van der Waals surface area (Å²) in [5.74, 6) is 1.67. The average Bonchev–Trinajstić information content (AvgIpc) is 2.65. The number of carbonyl (C=O) groups is 1. The molecule has 0 aromatic rings. The summed E-state index contributed by atoms with van der Waals surface area (Å²) in [6.45, 7) is 6.38. The van der Waals surface area contributed by atoms with Crippen molar-refractivity contribution in [3.8, 4) is 0 Å². The third-order valence-corrected chi connectivity index (χ3v) is 4.43. The minimum absolute atomic E-state index is 0.0332. The van der Waals surface area contributed by atoms with Gasteiger partial charge in [0, 0.05) is 11.3 Å². The number of thioether (sulfide) groups is 1. The summed E-state index contributed by atoms with van der Waals surface area (Å²) in [5, 5.41) is 3.82. The summed E-state index contributed by atoms with van der Waals surface area (Å²) < 4.78 is 0.